The molecule has 10 heteroatoms. The maximum Gasteiger partial charge on any atom is 0.410 e. The number of rotatable bonds is 5. The van der Waals surface area contributed by atoms with Crippen LogP contribution < -0.4 is 0 Å². The van der Waals surface area contributed by atoms with E-state index >= 15 is 0 Å². The molecule has 0 radical (unpaired) electrons. The summed E-state index contributed by atoms with van der Waals surface area (Å²) in [7, 11) is 1.28. The molecular formula is C22H34F2N2O6. The number of fused-ring (bicyclic) bond motifs is 1. The van der Waals surface area contributed by atoms with Gasteiger partial charge in [0.2, 0.25) is 0 Å². The zero-order chi connectivity index (χ0) is 23.5. The molecule has 0 aromatic heterocycles. The lowest BCUT2D eigenvalue weighted by molar-refractivity contribution is -0.163. The van der Waals surface area contributed by atoms with E-state index in [1.54, 1.807) is 18.7 Å². The van der Waals surface area contributed by atoms with Gasteiger partial charge in [-0.05, 0) is 57.8 Å². The highest BCUT2D eigenvalue weighted by atomic mass is 19.3. The predicted octanol–water partition coefficient (Wildman–Crippen LogP) is 2.84. The van der Waals surface area contributed by atoms with Crippen LogP contribution in [0.1, 0.15) is 52.4 Å². The second-order valence-corrected chi connectivity index (χ2v) is 8.95. The van der Waals surface area contributed by atoms with Crippen LogP contribution in [0.25, 0.3) is 0 Å². The molecule has 0 aromatic carbocycles. The van der Waals surface area contributed by atoms with Gasteiger partial charge in [0.15, 0.2) is 0 Å². The van der Waals surface area contributed by atoms with Gasteiger partial charge in [0.1, 0.15) is 12.1 Å². The first-order chi connectivity index (χ1) is 15.2. The molecule has 5 unspecified atom stereocenters. The Balaban J connectivity index is 1.76. The Morgan fingerprint density at radius 2 is 1.59 bits per heavy atom. The first kappa shape index (κ1) is 24.7. The highest BCUT2D eigenvalue weighted by Gasteiger charge is 2.50. The molecule has 0 bridgehead atoms. The summed E-state index contributed by atoms with van der Waals surface area (Å²) in [5.74, 6) is -3.58. The van der Waals surface area contributed by atoms with Crippen LogP contribution in [0.4, 0.5) is 13.6 Å². The van der Waals surface area contributed by atoms with Gasteiger partial charge in [0.05, 0.1) is 26.9 Å². The average molecular weight is 461 g/mol. The first-order valence-electron chi connectivity index (χ1n) is 11.5. The molecule has 8 nitrogen and oxygen atoms in total. The number of piperidine rings is 2. The van der Waals surface area contributed by atoms with Crippen molar-refractivity contribution in [3.8, 4) is 0 Å². The van der Waals surface area contributed by atoms with Crippen LogP contribution in [0.3, 0.4) is 0 Å². The molecule has 1 amide bonds. The molecule has 2 heterocycles. The summed E-state index contributed by atoms with van der Waals surface area (Å²) in [6, 6.07) is -1.64. The summed E-state index contributed by atoms with van der Waals surface area (Å²) in [6.07, 6.45) is 1.51. The van der Waals surface area contributed by atoms with E-state index in [1.165, 1.54) is 12.0 Å². The number of alkyl halides is 2. The van der Waals surface area contributed by atoms with Crippen molar-refractivity contribution in [3.63, 3.8) is 0 Å². The Bertz CT molecular complexity index is 706. The number of carbonyl (C=O) groups excluding carboxylic acids is 3. The molecule has 5 atom stereocenters. The summed E-state index contributed by atoms with van der Waals surface area (Å²) in [6.45, 7) is 3.72. The van der Waals surface area contributed by atoms with Crippen molar-refractivity contribution < 1.29 is 37.4 Å². The van der Waals surface area contributed by atoms with Gasteiger partial charge in [-0.15, -0.1) is 0 Å². The largest absolute Gasteiger partial charge is 0.465 e. The minimum atomic E-state index is -2.85. The molecule has 3 fully saturated rings. The number of nitrogens with zero attached hydrogens (tertiary/aromatic N) is 2. The molecule has 3 aliphatic rings. The number of likely N-dealkylation sites (tertiary alicyclic amines) is 2. The normalized spacial score (nSPS) is 32.5. The highest BCUT2D eigenvalue weighted by Crippen LogP contribution is 2.43. The van der Waals surface area contributed by atoms with Crippen LogP contribution in [-0.4, -0.2) is 85.3 Å². The van der Waals surface area contributed by atoms with Gasteiger partial charge in [-0.25, -0.2) is 18.4 Å². The minimum absolute atomic E-state index is 0.0578. The molecule has 3 rings (SSSR count). The Hall–Kier alpha value is -1.97. The Morgan fingerprint density at radius 1 is 0.938 bits per heavy atom. The zero-order valence-electron chi connectivity index (χ0n) is 19.1. The topological polar surface area (TPSA) is 85.4 Å². The first-order valence-corrected chi connectivity index (χ1v) is 11.5. The number of halogens is 2. The van der Waals surface area contributed by atoms with Crippen LogP contribution in [0.15, 0.2) is 0 Å². The molecular weight excluding hydrogens is 426 g/mol. The maximum atomic E-state index is 14.3. The predicted molar refractivity (Wildman–Crippen MR) is 110 cm³/mol. The van der Waals surface area contributed by atoms with E-state index in [-0.39, 0.29) is 43.9 Å². The van der Waals surface area contributed by atoms with Crippen molar-refractivity contribution in [3.05, 3.63) is 0 Å². The van der Waals surface area contributed by atoms with E-state index in [1.807, 2.05) is 0 Å². The van der Waals surface area contributed by atoms with Crippen molar-refractivity contribution in [1.29, 1.82) is 0 Å². The van der Waals surface area contributed by atoms with Gasteiger partial charge in [0.25, 0.3) is 5.92 Å². The van der Waals surface area contributed by atoms with E-state index in [4.69, 9.17) is 14.2 Å². The molecule has 0 spiro atoms. The standard InChI is InChI=1S/C22H34F2N2O6/c1-4-31-19(27)17-8-9-22(23,24)13-26(17)16-7-6-14-12-25(21(29)30-3)18(11-15(14)10-16)20(28)32-5-2/h14-18H,4-13H2,1-3H3. The lowest BCUT2D eigenvalue weighted by Gasteiger charge is -2.50. The van der Waals surface area contributed by atoms with Crippen molar-refractivity contribution >= 4 is 18.0 Å². The van der Waals surface area contributed by atoms with Crippen LogP contribution in [-0.2, 0) is 23.8 Å². The number of hydrogen-bond donors (Lipinski definition) is 0. The summed E-state index contributed by atoms with van der Waals surface area (Å²) in [5.41, 5.74) is 0. The van der Waals surface area contributed by atoms with Crippen LogP contribution in [0.5, 0.6) is 0 Å². The molecule has 2 aliphatic heterocycles. The SMILES string of the molecule is CCOC(=O)C1CC2CC(N3CC(F)(F)CCC3C(=O)OCC)CCC2CN1C(=O)OC. The molecule has 1 saturated carbocycles. The van der Waals surface area contributed by atoms with Gasteiger partial charge in [-0.3, -0.25) is 14.6 Å². The van der Waals surface area contributed by atoms with Gasteiger partial charge in [-0.2, -0.15) is 0 Å². The third-order valence-corrected chi connectivity index (χ3v) is 7.04. The number of hydrogen-bond acceptors (Lipinski definition) is 7. The van der Waals surface area contributed by atoms with E-state index < -0.39 is 42.6 Å². The Kier molecular flexibility index (Phi) is 7.95. The van der Waals surface area contributed by atoms with Gasteiger partial charge in [-0.1, -0.05) is 0 Å². The summed E-state index contributed by atoms with van der Waals surface area (Å²) < 4.78 is 43.8. The highest BCUT2D eigenvalue weighted by molar-refractivity contribution is 5.81. The fourth-order valence-electron chi connectivity index (χ4n) is 5.55. The smallest absolute Gasteiger partial charge is 0.410 e. The van der Waals surface area contributed by atoms with Crippen molar-refractivity contribution in [1.82, 2.24) is 9.80 Å². The maximum absolute atomic E-state index is 14.3. The number of methoxy groups -OCH3 is 1. The molecule has 32 heavy (non-hydrogen) atoms. The van der Waals surface area contributed by atoms with Crippen molar-refractivity contribution in [2.24, 2.45) is 11.8 Å². The van der Waals surface area contributed by atoms with Crippen LogP contribution >= 0.6 is 0 Å². The number of amides is 1. The second-order valence-electron chi connectivity index (χ2n) is 8.95. The van der Waals surface area contributed by atoms with Gasteiger partial charge >= 0.3 is 18.0 Å². The van der Waals surface area contributed by atoms with Crippen molar-refractivity contribution in [2.45, 2.75) is 76.4 Å². The van der Waals surface area contributed by atoms with E-state index in [0.29, 0.717) is 25.8 Å². The summed E-state index contributed by atoms with van der Waals surface area (Å²) >= 11 is 0. The zero-order valence-corrected chi connectivity index (χ0v) is 19.1. The fourth-order valence-corrected chi connectivity index (χ4v) is 5.55. The van der Waals surface area contributed by atoms with E-state index in [2.05, 4.69) is 0 Å². The Labute approximate surface area is 187 Å². The molecule has 0 N–H and O–H groups in total. The van der Waals surface area contributed by atoms with Gasteiger partial charge < -0.3 is 14.2 Å². The number of carbonyl (C=O) groups is 3. The van der Waals surface area contributed by atoms with Crippen LogP contribution in [0.2, 0.25) is 0 Å². The third kappa shape index (κ3) is 5.32. The Morgan fingerprint density at radius 3 is 2.22 bits per heavy atom. The van der Waals surface area contributed by atoms with Crippen LogP contribution in [0, 0.1) is 11.8 Å². The monoisotopic (exact) mass is 460 g/mol. The van der Waals surface area contributed by atoms with Gasteiger partial charge in [0, 0.05) is 19.0 Å². The second kappa shape index (κ2) is 10.3. The molecule has 182 valence electrons. The fraction of sp³-hybridized carbons (Fsp3) is 0.864. The third-order valence-electron chi connectivity index (χ3n) is 7.04. The molecule has 1 aliphatic carbocycles. The number of ether oxygens (including phenoxy) is 3. The minimum Gasteiger partial charge on any atom is -0.465 e. The molecule has 0 aromatic rings. The lowest BCUT2D eigenvalue weighted by Crippen LogP contribution is -2.60. The lowest BCUT2D eigenvalue weighted by atomic mass is 9.70. The summed E-state index contributed by atoms with van der Waals surface area (Å²) in [4.78, 5) is 40.4. The average Bonchev–Trinajstić information content (AvgIpc) is 2.76. The van der Waals surface area contributed by atoms with E-state index in [9.17, 15) is 23.2 Å². The van der Waals surface area contributed by atoms with E-state index in [0.717, 1.165) is 6.42 Å². The number of esters is 2. The quantitative estimate of drug-likeness (QED) is 0.461. The van der Waals surface area contributed by atoms with Crippen molar-refractivity contribution in [2.75, 3.05) is 33.4 Å². The molecule has 2 saturated heterocycles. The summed E-state index contributed by atoms with van der Waals surface area (Å²) in [5, 5.41) is 0.